The number of fused-ring (bicyclic) bond motifs is 2. The van der Waals surface area contributed by atoms with E-state index in [2.05, 4.69) is 5.32 Å². The average molecular weight is 302 g/mol. The van der Waals surface area contributed by atoms with Gasteiger partial charge in [-0.25, -0.2) is 0 Å². The molecule has 1 heterocycles. The Morgan fingerprint density at radius 2 is 1.84 bits per heavy atom. The van der Waals surface area contributed by atoms with Gasteiger partial charge in [0.05, 0.1) is 22.0 Å². The first-order chi connectivity index (χ1) is 8.95. The largest absolute Gasteiger partial charge is 0.416 e. The summed E-state index contributed by atoms with van der Waals surface area (Å²) in [5.74, 6) is 0. The van der Waals surface area contributed by atoms with Crippen molar-refractivity contribution < 1.29 is 13.2 Å². The van der Waals surface area contributed by atoms with Crippen molar-refractivity contribution in [2.75, 3.05) is 5.32 Å². The zero-order valence-electron chi connectivity index (χ0n) is 9.38. The maximum Gasteiger partial charge on any atom is 0.416 e. The molecule has 0 radical (unpaired) electrons. The fraction of sp³-hybridized carbons (Fsp3) is 0.0769. The molecule has 0 amide bonds. The van der Waals surface area contributed by atoms with Gasteiger partial charge in [-0.1, -0.05) is 29.4 Å². The number of halogens is 4. The zero-order valence-corrected chi connectivity index (χ0v) is 11.0. The fourth-order valence-electron chi connectivity index (χ4n) is 1.85. The van der Waals surface area contributed by atoms with Crippen molar-refractivity contribution >= 4 is 34.7 Å². The minimum Gasteiger partial charge on any atom is -0.352 e. The molecule has 1 aliphatic heterocycles. The third kappa shape index (κ3) is 2.28. The Labute approximate surface area is 116 Å². The maximum atomic E-state index is 12.7. The van der Waals surface area contributed by atoms with Crippen LogP contribution in [0, 0.1) is 0 Å². The first kappa shape index (κ1) is 12.7. The lowest BCUT2D eigenvalue weighted by Crippen LogP contribution is -2.07. The summed E-state index contributed by atoms with van der Waals surface area (Å²) in [6, 6.07) is 8.97. The molecule has 0 bridgehead atoms. The lowest BCUT2D eigenvalue weighted by atomic mass is 10.2. The molecule has 6 heteroatoms. The van der Waals surface area contributed by atoms with Crippen LogP contribution >= 0.6 is 23.4 Å². The number of rotatable bonds is 0. The summed E-state index contributed by atoms with van der Waals surface area (Å²) in [6.07, 6.45) is -4.33. The summed E-state index contributed by atoms with van der Waals surface area (Å²) >= 11 is 7.34. The number of alkyl halides is 3. The summed E-state index contributed by atoms with van der Waals surface area (Å²) < 4.78 is 38.0. The molecule has 0 aromatic heterocycles. The molecule has 1 N–H and O–H groups in total. The van der Waals surface area contributed by atoms with E-state index in [1.807, 2.05) is 6.07 Å². The molecule has 19 heavy (non-hydrogen) atoms. The van der Waals surface area contributed by atoms with Crippen LogP contribution in [0.1, 0.15) is 5.56 Å². The monoisotopic (exact) mass is 301 g/mol. The van der Waals surface area contributed by atoms with Crippen molar-refractivity contribution in [1.29, 1.82) is 0 Å². The molecule has 3 rings (SSSR count). The Balaban J connectivity index is 2.06. The molecule has 0 aliphatic carbocycles. The number of hydrogen-bond donors (Lipinski definition) is 1. The summed E-state index contributed by atoms with van der Waals surface area (Å²) in [4.78, 5) is 1.36. The number of benzene rings is 2. The molecule has 1 nitrogen and oxygen atoms in total. The number of anilines is 2. The first-order valence-corrected chi connectivity index (χ1v) is 6.59. The number of nitrogens with one attached hydrogen (secondary N) is 1. The fourth-order valence-corrected chi connectivity index (χ4v) is 3.19. The second-order valence-electron chi connectivity index (χ2n) is 4.05. The van der Waals surface area contributed by atoms with Crippen molar-refractivity contribution in [2.45, 2.75) is 16.0 Å². The van der Waals surface area contributed by atoms with Crippen molar-refractivity contribution in [1.82, 2.24) is 0 Å². The van der Waals surface area contributed by atoms with E-state index in [1.54, 1.807) is 12.1 Å². The van der Waals surface area contributed by atoms with Gasteiger partial charge in [-0.2, -0.15) is 13.2 Å². The van der Waals surface area contributed by atoms with Crippen molar-refractivity contribution in [3.05, 3.63) is 47.0 Å². The van der Waals surface area contributed by atoms with Crippen LogP contribution in [0.3, 0.4) is 0 Å². The van der Waals surface area contributed by atoms with E-state index in [9.17, 15) is 13.2 Å². The molecule has 2 aromatic carbocycles. The van der Waals surface area contributed by atoms with Crippen molar-refractivity contribution in [3.8, 4) is 0 Å². The van der Waals surface area contributed by atoms with Gasteiger partial charge in [-0.3, -0.25) is 0 Å². The standard InChI is InChI=1S/C13H7ClF3NS/c14-8-2-1-3-10-12(8)18-9-5-4-7(13(15,16)17)6-11(9)19-10/h1-6,18H. The van der Waals surface area contributed by atoms with Gasteiger partial charge in [0.2, 0.25) is 0 Å². The van der Waals surface area contributed by atoms with Crippen LogP contribution in [-0.4, -0.2) is 0 Å². The predicted molar refractivity (Wildman–Crippen MR) is 70.3 cm³/mol. The van der Waals surface area contributed by atoms with Gasteiger partial charge in [-0.05, 0) is 30.3 Å². The van der Waals surface area contributed by atoms with Crippen LogP contribution in [0.5, 0.6) is 0 Å². The zero-order chi connectivity index (χ0) is 13.6. The van der Waals surface area contributed by atoms with Gasteiger partial charge in [-0.15, -0.1) is 0 Å². The van der Waals surface area contributed by atoms with Gasteiger partial charge in [0.15, 0.2) is 0 Å². The molecule has 0 saturated carbocycles. The van der Waals surface area contributed by atoms with Crippen LogP contribution in [0.15, 0.2) is 46.2 Å². The number of hydrogen-bond acceptors (Lipinski definition) is 2. The molecular formula is C13H7ClF3NS. The van der Waals surface area contributed by atoms with E-state index in [4.69, 9.17) is 11.6 Å². The van der Waals surface area contributed by atoms with Crippen LogP contribution < -0.4 is 5.32 Å². The predicted octanol–water partition coefficient (Wildman–Crippen LogP) is 5.57. The summed E-state index contributed by atoms with van der Waals surface area (Å²) in [5.41, 5.74) is 0.728. The molecule has 0 unspecified atom stereocenters. The van der Waals surface area contributed by atoms with Crippen LogP contribution in [-0.2, 0) is 6.18 Å². The summed E-state index contributed by atoms with van der Waals surface area (Å²) in [6.45, 7) is 0. The van der Waals surface area contributed by atoms with Gasteiger partial charge in [0, 0.05) is 9.79 Å². The van der Waals surface area contributed by atoms with E-state index < -0.39 is 11.7 Å². The lowest BCUT2D eigenvalue weighted by molar-refractivity contribution is -0.137. The van der Waals surface area contributed by atoms with Crippen LogP contribution in [0.2, 0.25) is 5.02 Å². The van der Waals surface area contributed by atoms with Crippen LogP contribution in [0.25, 0.3) is 0 Å². The summed E-state index contributed by atoms with van der Waals surface area (Å²) in [7, 11) is 0. The number of para-hydroxylation sites is 1. The summed E-state index contributed by atoms with van der Waals surface area (Å²) in [5, 5.41) is 3.62. The Kier molecular flexibility index (Phi) is 2.91. The topological polar surface area (TPSA) is 12.0 Å². The van der Waals surface area contributed by atoms with E-state index in [0.717, 1.165) is 22.7 Å². The quantitative estimate of drug-likeness (QED) is 0.583. The molecule has 0 spiro atoms. The van der Waals surface area contributed by atoms with Crippen LogP contribution in [0.4, 0.5) is 24.5 Å². The second-order valence-corrected chi connectivity index (χ2v) is 5.54. The Bertz CT molecular complexity index is 655. The second kappa shape index (κ2) is 4.35. The Morgan fingerprint density at radius 3 is 2.58 bits per heavy atom. The van der Waals surface area contributed by atoms with Crippen molar-refractivity contribution in [2.24, 2.45) is 0 Å². The molecule has 98 valence electrons. The highest BCUT2D eigenvalue weighted by atomic mass is 35.5. The Hall–Kier alpha value is -1.33. The maximum absolute atomic E-state index is 12.7. The highest BCUT2D eigenvalue weighted by molar-refractivity contribution is 7.99. The minimum absolute atomic E-state index is 0.546. The normalized spacial score (nSPS) is 13.5. The Morgan fingerprint density at radius 1 is 1.05 bits per heavy atom. The van der Waals surface area contributed by atoms with E-state index in [1.165, 1.54) is 17.8 Å². The average Bonchev–Trinajstić information content (AvgIpc) is 2.35. The van der Waals surface area contributed by atoms with Gasteiger partial charge >= 0.3 is 6.18 Å². The SMILES string of the molecule is FC(F)(F)c1ccc2c(c1)Sc1cccc(Cl)c1N2. The third-order valence-corrected chi connectivity index (χ3v) is 4.20. The van der Waals surface area contributed by atoms with Crippen molar-refractivity contribution in [3.63, 3.8) is 0 Å². The van der Waals surface area contributed by atoms with Gasteiger partial charge in [0.25, 0.3) is 0 Å². The first-order valence-electron chi connectivity index (χ1n) is 5.40. The third-order valence-electron chi connectivity index (χ3n) is 2.76. The molecular weight excluding hydrogens is 295 g/mol. The molecule has 1 aliphatic rings. The van der Waals surface area contributed by atoms with Gasteiger partial charge in [0.1, 0.15) is 0 Å². The van der Waals surface area contributed by atoms with Gasteiger partial charge < -0.3 is 5.32 Å². The van der Waals surface area contributed by atoms with E-state index >= 15 is 0 Å². The highest BCUT2D eigenvalue weighted by Crippen LogP contribution is 2.48. The van der Waals surface area contributed by atoms with E-state index in [-0.39, 0.29) is 0 Å². The lowest BCUT2D eigenvalue weighted by Gasteiger charge is -2.22. The molecule has 0 saturated heterocycles. The molecule has 2 aromatic rings. The molecule has 0 fully saturated rings. The minimum atomic E-state index is -4.33. The highest BCUT2D eigenvalue weighted by Gasteiger charge is 2.31. The van der Waals surface area contributed by atoms with E-state index in [0.29, 0.717) is 15.6 Å². The smallest absolute Gasteiger partial charge is 0.352 e. The molecule has 0 atom stereocenters.